The molecule has 0 spiro atoms. The van der Waals surface area contributed by atoms with Gasteiger partial charge in [0.05, 0.1) is 29.0 Å². The number of hydrogen-bond acceptors (Lipinski definition) is 5. The number of nitrogens with one attached hydrogen (secondary N) is 1. The van der Waals surface area contributed by atoms with Crippen LogP contribution < -0.4 is 10.5 Å². The third kappa shape index (κ3) is 4.34. The lowest BCUT2D eigenvalue weighted by molar-refractivity contribution is 0.313. The summed E-state index contributed by atoms with van der Waals surface area (Å²) in [4.78, 5) is 13.1. The van der Waals surface area contributed by atoms with Crippen molar-refractivity contribution in [2.45, 2.75) is 12.8 Å². The van der Waals surface area contributed by atoms with Gasteiger partial charge in [0.25, 0.3) is 0 Å². The molecule has 5 aromatic rings. The van der Waals surface area contributed by atoms with E-state index in [9.17, 15) is 5.11 Å². The summed E-state index contributed by atoms with van der Waals surface area (Å²) in [6.45, 7) is 1.24. The minimum absolute atomic E-state index is 0.263. The Labute approximate surface area is 209 Å². The van der Waals surface area contributed by atoms with Gasteiger partial charge in [-0.25, -0.2) is 4.98 Å². The summed E-state index contributed by atoms with van der Waals surface area (Å²) < 4.78 is 5.70. The van der Waals surface area contributed by atoms with E-state index < -0.39 is 0 Å². The molecule has 4 aromatic carbocycles. The number of ether oxygens (including phenoxy) is 1. The number of phenols is 1. The average molecular weight is 475 g/mol. The van der Waals surface area contributed by atoms with Gasteiger partial charge in [-0.05, 0) is 102 Å². The van der Waals surface area contributed by atoms with Crippen LogP contribution >= 0.6 is 0 Å². The van der Waals surface area contributed by atoms with E-state index in [1.807, 2.05) is 42.5 Å². The highest BCUT2D eigenvalue weighted by atomic mass is 16.5. The molecule has 1 aliphatic rings. The normalized spacial score (nSPS) is 12.5. The number of fused-ring (bicyclic) bond motifs is 2. The van der Waals surface area contributed by atoms with E-state index in [-0.39, 0.29) is 5.75 Å². The second-order valence-corrected chi connectivity index (χ2v) is 8.96. The van der Waals surface area contributed by atoms with E-state index in [4.69, 9.17) is 20.4 Å². The molecule has 0 saturated heterocycles. The summed E-state index contributed by atoms with van der Waals surface area (Å²) in [5.41, 5.74) is 14.9. The van der Waals surface area contributed by atoms with Crippen LogP contribution in [0.25, 0.3) is 33.5 Å². The second-order valence-electron chi connectivity index (χ2n) is 8.96. The van der Waals surface area contributed by atoms with Gasteiger partial charge in [0.2, 0.25) is 0 Å². The number of hydrogen-bond donors (Lipinski definition) is 3. The number of aromatic nitrogens is 2. The van der Waals surface area contributed by atoms with Crippen LogP contribution in [0.4, 0.5) is 5.69 Å². The zero-order valence-electron chi connectivity index (χ0n) is 19.7. The van der Waals surface area contributed by atoms with Crippen molar-refractivity contribution in [3.8, 4) is 34.0 Å². The molecule has 2 heterocycles. The van der Waals surface area contributed by atoms with Crippen molar-refractivity contribution in [3.63, 3.8) is 0 Å². The summed E-state index contributed by atoms with van der Waals surface area (Å²) in [5, 5.41) is 9.57. The molecule has 1 aromatic heterocycles. The first-order chi connectivity index (χ1) is 17.7. The molecule has 1 aliphatic heterocycles. The standard InChI is InChI=1S/C30H26N4O2/c31-14-1-15-36-25-11-6-20(7-12-25)30-33-26-13-8-22(17-29(26)34-30)21-2-3-23-18-27(32-28(23)16-21)19-4-9-24(35)10-5-19/h2-13,16-17,35H,1,14-15,18,31H2,(H,33,34). The number of phenolic OH excluding ortho intramolecular Hbond substituents is 1. The van der Waals surface area contributed by atoms with E-state index in [1.165, 1.54) is 5.56 Å². The maximum atomic E-state index is 9.57. The molecule has 178 valence electrons. The summed E-state index contributed by atoms with van der Waals surface area (Å²) in [7, 11) is 0. The fraction of sp³-hybridized carbons (Fsp3) is 0.133. The second kappa shape index (κ2) is 9.32. The van der Waals surface area contributed by atoms with Crippen LogP contribution in [0.2, 0.25) is 0 Å². The third-order valence-corrected chi connectivity index (χ3v) is 6.46. The predicted molar refractivity (Wildman–Crippen MR) is 144 cm³/mol. The first-order valence-electron chi connectivity index (χ1n) is 12.1. The van der Waals surface area contributed by atoms with E-state index in [1.54, 1.807) is 12.1 Å². The number of aromatic hydroxyl groups is 1. The number of aliphatic imine (C=N–C) groups is 1. The summed E-state index contributed by atoms with van der Waals surface area (Å²) in [6, 6.07) is 27.9. The van der Waals surface area contributed by atoms with Crippen LogP contribution in [0.5, 0.6) is 11.5 Å². The SMILES string of the molecule is NCCCOc1ccc(-c2nc3ccc(-c4ccc5c(c4)N=C(c4ccc(O)cc4)C5)cc3[nH]2)cc1. The molecule has 0 saturated carbocycles. The number of aromatic amines is 1. The van der Waals surface area contributed by atoms with Crippen LogP contribution in [-0.4, -0.2) is 33.9 Å². The van der Waals surface area contributed by atoms with Crippen LogP contribution in [0, 0.1) is 0 Å². The fourth-order valence-electron chi connectivity index (χ4n) is 4.49. The van der Waals surface area contributed by atoms with E-state index in [0.29, 0.717) is 13.2 Å². The van der Waals surface area contributed by atoms with E-state index in [0.717, 1.165) is 69.1 Å². The molecule has 0 amide bonds. The zero-order valence-corrected chi connectivity index (χ0v) is 19.7. The number of rotatable bonds is 7. The summed E-state index contributed by atoms with van der Waals surface area (Å²) in [5.74, 6) is 1.92. The van der Waals surface area contributed by atoms with Gasteiger partial charge in [0.1, 0.15) is 17.3 Å². The average Bonchev–Trinajstić information content (AvgIpc) is 3.53. The topological polar surface area (TPSA) is 96.5 Å². The van der Waals surface area contributed by atoms with Crippen molar-refractivity contribution >= 4 is 22.4 Å². The number of nitrogens with two attached hydrogens (primary N) is 1. The van der Waals surface area contributed by atoms with Gasteiger partial charge < -0.3 is 20.6 Å². The summed E-state index contributed by atoms with van der Waals surface area (Å²) >= 11 is 0. The lowest BCUT2D eigenvalue weighted by Gasteiger charge is -2.05. The van der Waals surface area contributed by atoms with Gasteiger partial charge in [-0.3, -0.25) is 4.99 Å². The highest BCUT2D eigenvalue weighted by molar-refractivity contribution is 6.06. The van der Waals surface area contributed by atoms with Crippen molar-refractivity contribution in [1.82, 2.24) is 9.97 Å². The Morgan fingerprint density at radius 2 is 1.56 bits per heavy atom. The smallest absolute Gasteiger partial charge is 0.138 e. The van der Waals surface area contributed by atoms with Crippen LogP contribution in [0.1, 0.15) is 17.5 Å². The molecule has 6 heteroatoms. The Kier molecular flexibility index (Phi) is 5.71. The lowest BCUT2D eigenvalue weighted by atomic mass is 10.00. The lowest BCUT2D eigenvalue weighted by Crippen LogP contribution is -2.05. The number of imidazole rings is 1. The highest BCUT2D eigenvalue weighted by Crippen LogP contribution is 2.34. The Morgan fingerprint density at radius 3 is 2.36 bits per heavy atom. The van der Waals surface area contributed by atoms with E-state index in [2.05, 4.69) is 35.3 Å². The highest BCUT2D eigenvalue weighted by Gasteiger charge is 2.17. The Bertz CT molecular complexity index is 1570. The van der Waals surface area contributed by atoms with Crippen molar-refractivity contribution in [2.24, 2.45) is 10.7 Å². The molecule has 36 heavy (non-hydrogen) atoms. The minimum Gasteiger partial charge on any atom is -0.508 e. The largest absolute Gasteiger partial charge is 0.508 e. The molecule has 0 unspecified atom stereocenters. The van der Waals surface area contributed by atoms with Gasteiger partial charge >= 0.3 is 0 Å². The number of benzene rings is 4. The first kappa shape index (κ1) is 22.1. The molecule has 0 bridgehead atoms. The minimum atomic E-state index is 0.263. The zero-order chi connectivity index (χ0) is 24.5. The van der Waals surface area contributed by atoms with Gasteiger partial charge in [0, 0.05) is 12.0 Å². The van der Waals surface area contributed by atoms with E-state index >= 15 is 0 Å². The van der Waals surface area contributed by atoms with Gasteiger partial charge in [0.15, 0.2) is 0 Å². The van der Waals surface area contributed by atoms with Crippen LogP contribution in [0.3, 0.4) is 0 Å². The predicted octanol–water partition coefficient (Wildman–Crippen LogP) is 6.01. The van der Waals surface area contributed by atoms with Crippen LogP contribution in [-0.2, 0) is 6.42 Å². The Morgan fingerprint density at radius 1 is 0.833 bits per heavy atom. The van der Waals surface area contributed by atoms with Crippen molar-refractivity contribution in [2.75, 3.05) is 13.2 Å². The number of nitrogens with zero attached hydrogens (tertiary/aromatic N) is 2. The van der Waals surface area contributed by atoms with Gasteiger partial charge in [-0.2, -0.15) is 0 Å². The monoisotopic (exact) mass is 474 g/mol. The van der Waals surface area contributed by atoms with Crippen molar-refractivity contribution in [1.29, 1.82) is 0 Å². The van der Waals surface area contributed by atoms with Crippen molar-refractivity contribution < 1.29 is 9.84 Å². The van der Waals surface area contributed by atoms with Crippen molar-refractivity contribution in [3.05, 3.63) is 96.1 Å². The molecular formula is C30H26N4O2. The molecule has 0 radical (unpaired) electrons. The molecule has 6 rings (SSSR count). The molecular weight excluding hydrogens is 448 g/mol. The molecule has 4 N–H and O–H groups in total. The molecule has 0 atom stereocenters. The molecule has 6 nitrogen and oxygen atoms in total. The first-order valence-corrected chi connectivity index (χ1v) is 12.1. The molecule has 0 fully saturated rings. The molecule has 0 aliphatic carbocycles. The maximum absolute atomic E-state index is 9.57. The van der Waals surface area contributed by atoms with Crippen LogP contribution in [0.15, 0.2) is 89.9 Å². The fourth-order valence-corrected chi connectivity index (χ4v) is 4.49. The van der Waals surface area contributed by atoms with Gasteiger partial charge in [-0.15, -0.1) is 0 Å². The number of H-pyrrole nitrogens is 1. The Balaban J connectivity index is 1.25. The Hall–Kier alpha value is -4.42. The van der Waals surface area contributed by atoms with Gasteiger partial charge in [-0.1, -0.05) is 18.2 Å². The summed E-state index contributed by atoms with van der Waals surface area (Å²) in [6.07, 6.45) is 1.63. The third-order valence-electron chi connectivity index (χ3n) is 6.46. The maximum Gasteiger partial charge on any atom is 0.138 e. The quantitative estimate of drug-likeness (QED) is 0.252.